The Labute approximate surface area is 140 Å². The standard InChI is InChI=1S/C19H16O3Se/c20-14-10-11-16(23-12-6-2-1-3-7-12)19-17(14)18(21)13-8-4-5-9-15(13)22-19/h1-9,14,16,20H,10-11H2/t14-,16+/m1/s1. The molecule has 0 amide bonds. The number of rotatable bonds is 2. The Bertz CT molecular complexity index is 901. The molecule has 1 aromatic heterocycles. The summed E-state index contributed by atoms with van der Waals surface area (Å²) in [6.45, 7) is 0. The summed E-state index contributed by atoms with van der Waals surface area (Å²) in [4.78, 5) is 13.0. The molecular weight excluding hydrogens is 355 g/mol. The van der Waals surface area contributed by atoms with E-state index in [1.54, 1.807) is 6.07 Å². The van der Waals surface area contributed by atoms with Crippen LogP contribution in [0.4, 0.5) is 0 Å². The maximum atomic E-state index is 12.8. The van der Waals surface area contributed by atoms with Gasteiger partial charge in [-0.2, -0.15) is 0 Å². The number of aliphatic hydroxyl groups is 1. The fraction of sp³-hybridized carbons (Fsp3) is 0.211. The van der Waals surface area contributed by atoms with Crippen molar-refractivity contribution in [2.24, 2.45) is 0 Å². The Morgan fingerprint density at radius 3 is 2.57 bits per heavy atom. The van der Waals surface area contributed by atoms with E-state index in [9.17, 15) is 9.90 Å². The van der Waals surface area contributed by atoms with Crippen LogP contribution in [-0.4, -0.2) is 20.1 Å². The molecule has 0 spiro atoms. The van der Waals surface area contributed by atoms with Crippen LogP contribution in [0.2, 0.25) is 0 Å². The van der Waals surface area contributed by atoms with Crippen molar-refractivity contribution in [1.82, 2.24) is 0 Å². The second-order valence-electron chi connectivity index (χ2n) is 5.72. The van der Waals surface area contributed by atoms with Crippen molar-refractivity contribution in [3.05, 3.63) is 76.1 Å². The van der Waals surface area contributed by atoms with Gasteiger partial charge in [-0.15, -0.1) is 0 Å². The second kappa shape index (κ2) is 5.97. The average Bonchev–Trinajstić information content (AvgIpc) is 2.58. The molecule has 116 valence electrons. The molecule has 2 aromatic carbocycles. The van der Waals surface area contributed by atoms with Gasteiger partial charge in [-0.25, -0.2) is 0 Å². The van der Waals surface area contributed by atoms with Gasteiger partial charge < -0.3 is 0 Å². The van der Waals surface area contributed by atoms with Crippen molar-refractivity contribution in [3.8, 4) is 0 Å². The molecule has 0 aliphatic heterocycles. The molecule has 3 aromatic rings. The minimum atomic E-state index is -0.714. The fourth-order valence-electron chi connectivity index (χ4n) is 3.09. The first-order chi connectivity index (χ1) is 11.2. The van der Waals surface area contributed by atoms with Gasteiger partial charge in [0.15, 0.2) is 0 Å². The van der Waals surface area contributed by atoms with Gasteiger partial charge in [0, 0.05) is 0 Å². The van der Waals surface area contributed by atoms with Crippen molar-refractivity contribution in [2.45, 2.75) is 23.8 Å². The Balaban J connectivity index is 1.85. The zero-order chi connectivity index (χ0) is 15.8. The molecule has 0 unspecified atom stereocenters. The van der Waals surface area contributed by atoms with Crippen molar-refractivity contribution < 1.29 is 9.52 Å². The fourth-order valence-corrected chi connectivity index (χ4v) is 5.56. The van der Waals surface area contributed by atoms with Crippen LogP contribution in [0.5, 0.6) is 0 Å². The van der Waals surface area contributed by atoms with E-state index in [0.717, 1.165) is 6.42 Å². The Morgan fingerprint density at radius 2 is 1.74 bits per heavy atom. The van der Waals surface area contributed by atoms with E-state index in [4.69, 9.17) is 4.42 Å². The van der Waals surface area contributed by atoms with Crippen LogP contribution in [0, 0.1) is 0 Å². The Kier molecular flexibility index (Phi) is 3.82. The van der Waals surface area contributed by atoms with Crippen LogP contribution >= 0.6 is 0 Å². The molecule has 2 atom stereocenters. The van der Waals surface area contributed by atoms with Gasteiger partial charge >= 0.3 is 140 Å². The Hall–Kier alpha value is -1.87. The number of benzene rings is 2. The molecule has 1 N–H and O–H groups in total. The minimum absolute atomic E-state index is 0.0806. The van der Waals surface area contributed by atoms with Crippen LogP contribution in [0.15, 0.2) is 63.8 Å². The van der Waals surface area contributed by atoms with Crippen molar-refractivity contribution in [2.75, 3.05) is 0 Å². The first-order valence-corrected chi connectivity index (χ1v) is 9.54. The molecule has 4 rings (SSSR count). The third-order valence-corrected chi connectivity index (χ3v) is 6.89. The monoisotopic (exact) mass is 372 g/mol. The number of aliphatic hydroxyl groups excluding tert-OH is 1. The van der Waals surface area contributed by atoms with E-state index < -0.39 is 6.10 Å². The molecule has 0 saturated carbocycles. The molecule has 0 fully saturated rings. The molecule has 0 saturated heterocycles. The average molecular weight is 371 g/mol. The van der Waals surface area contributed by atoms with Crippen LogP contribution in [0.1, 0.15) is 35.1 Å². The third kappa shape index (κ3) is 2.63. The van der Waals surface area contributed by atoms with Gasteiger partial charge in [0.2, 0.25) is 0 Å². The SMILES string of the molecule is O=c1c2c(oc3ccccc13)[C@@H]([Se]c1ccccc1)CC[C@H]2O. The van der Waals surface area contributed by atoms with Crippen LogP contribution < -0.4 is 9.89 Å². The summed E-state index contributed by atoms with van der Waals surface area (Å²) in [5, 5.41) is 10.9. The van der Waals surface area contributed by atoms with Gasteiger partial charge in [-0.05, 0) is 0 Å². The van der Waals surface area contributed by atoms with E-state index in [-0.39, 0.29) is 25.2 Å². The molecule has 1 aliphatic rings. The molecule has 0 radical (unpaired) electrons. The zero-order valence-electron chi connectivity index (χ0n) is 12.4. The Morgan fingerprint density at radius 1 is 1.00 bits per heavy atom. The molecule has 4 heteroatoms. The number of fused-ring (bicyclic) bond motifs is 2. The quantitative estimate of drug-likeness (QED) is 0.705. The van der Waals surface area contributed by atoms with Gasteiger partial charge in [0.1, 0.15) is 0 Å². The maximum absolute atomic E-state index is 12.8. The summed E-state index contributed by atoms with van der Waals surface area (Å²) in [6.07, 6.45) is 0.758. The normalized spacial score (nSPS) is 20.4. The molecule has 3 nitrogen and oxygen atoms in total. The zero-order valence-corrected chi connectivity index (χ0v) is 14.2. The van der Waals surface area contributed by atoms with Crippen LogP contribution in [0.25, 0.3) is 11.0 Å². The predicted molar refractivity (Wildman–Crippen MR) is 91.2 cm³/mol. The van der Waals surface area contributed by atoms with E-state index in [2.05, 4.69) is 12.1 Å². The summed E-state index contributed by atoms with van der Waals surface area (Å²) < 4.78 is 7.36. The summed E-state index contributed by atoms with van der Waals surface area (Å²) in [6, 6.07) is 17.6. The molecule has 1 aliphatic carbocycles. The number of hydrogen-bond donors (Lipinski definition) is 1. The summed E-state index contributed by atoms with van der Waals surface area (Å²) in [5.74, 6) is 0.691. The van der Waals surface area contributed by atoms with Crippen molar-refractivity contribution >= 4 is 30.4 Å². The summed E-state index contributed by atoms with van der Waals surface area (Å²) in [5.41, 5.74) is 1.000. The van der Waals surface area contributed by atoms with Gasteiger partial charge in [-0.3, -0.25) is 0 Å². The predicted octanol–water partition coefficient (Wildman–Crippen LogP) is 2.69. The third-order valence-electron chi connectivity index (χ3n) is 4.21. The van der Waals surface area contributed by atoms with Crippen molar-refractivity contribution in [1.29, 1.82) is 0 Å². The van der Waals surface area contributed by atoms with Gasteiger partial charge in [0.05, 0.1) is 0 Å². The van der Waals surface area contributed by atoms with E-state index in [1.807, 2.05) is 36.4 Å². The second-order valence-corrected chi connectivity index (χ2v) is 8.40. The van der Waals surface area contributed by atoms with E-state index in [1.165, 1.54) is 4.46 Å². The van der Waals surface area contributed by atoms with E-state index in [0.29, 0.717) is 28.7 Å². The molecule has 0 bridgehead atoms. The summed E-state index contributed by atoms with van der Waals surface area (Å²) in [7, 11) is 0. The summed E-state index contributed by atoms with van der Waals surface area (Å²) >= 11 is 0.175. The van der Waals surface area contributed by atoms with E-state index >= 15 is 0 Å². The molecular formula is C19H16O3Se. The first kappa shape index (κ1) is 14.7. The van der Waals surface area contributed by atoms with Crippen molar-refractivity contribution in [3.63, 3.8) is 0 Å². The van der Waals surface area contributed by atoms with Gasteiger partial charge in [-0.1, -0.05) is 0 Å². The molecule has 1 heterocycles. The number of para-hydroxylation sites is 1. The van der Waals surface area contributed by atoms with Gasteiger partial charge in [0.25, 0.3) is 0 Å². The molecule has 23 heavy (non-hydrogen) atoms. The number of hydrogen-bond acceptors (Lipinski definition) is 3. The topological polar surface area (TPSA) is 50.4 Å². The van der Waals surface area contributed by atoms with Crippen LogP contribution in [0.3, 0.4) is 0 Å². The first-order valence-electron chi connectivity index (χ1n) is 7.69. The van der Waals surface area contributed by atoms with Crippen LogP contribution in [-0.2, 0) is 0 Å².